The lowest BCUT2D eigenvalue weighted by atomic mass is 10.1. The number of thiophene rings is 1. The zero-order chi connectivity index (χ0) is 26.4. The van der Waals surface area contributed by atoms with Gasteiger partial charge in [-0.1, -0.05) is 18.2 Å². The van der Waals surface area contributed by atoms with Crippen LogP contribution < -0.4 is 14.2 Å². The monoisotopic (exact) mass is 513 g/mol. The van der Waals surface area contributed by atoms with Gasteiger partial charge in [0.15, 0.2) is 14.3 Å². The van der Waals surface area contributed by atoms with Crippen LogP contribution in [-0.4, -0.2) is 17.9 Å². The summed E-state index contributed by atoms with van der Waals surface area (Å²) >= 11 is 0. The van der Waals surface area contributed by atoms with E-state index in [2.05, 4.69) is 0 Å². The van der Waals surface area contributed by atoms with Gasteiger partial charge < -0.3 is 14.2 Å². The Morgan fingerprint density at radius 3 is 1.35 bits per heavy atom. The minimum Gasteiger partial charge on any atom is -0.423 e. The highest BCUT2D eigenvalue weighted by molar-refractivity contribution is 7.50. The molecular formula is C30H25O6S+. The van der Waals surface area contributed by atoms with E-state index in [1.807, 2.05) is 36.4 Å². The van der Waals surface area contributed by atoms with Gasteiger partial charge in [0.05, 0.1) is 10.8 Å². The number of ether oxygens (including phenoxy) is 3. The molecule has 0 aliphatic rings. The Balaban J connectivity index is 1.83. The molecule has 6 nitrogen and oxygen atoms in total. The zero-order valence-corrected chi connectivity index (χ0v) is 21.4. The highest BCUT2D eigenvalue weighted by Gasteiger charge is 2.25. The number of carbonyl (C=O) groups excluding carboxylic acids is 3. The largest absolute Gasteiger partial charge is 0.423 e. The quantitative estimate of drug-likeness (QED) is 0.113. The van der Waals surface area contributed by atoms with Crippen molar-refractivity contribution in [2.75, 3.05) is 0 Å². The standard InChI is InChI=1S/C30H25O6S/c1-4-7-28(31)34-20-10-14-23(15-11-20)37-26-16-12-21(35-29(32)8-5-2)18-24(26)25-19-22(13-17-27(25)37)36-30(33)9-6-3/h4-19H,1-3H3/q+1/b7-4+,8-5+,9-6+. The van der Waals surface area contributed by atoms with E-state index in [4.69, 9.17) is 14.2 Å². The van der Waals surface area contributed by atoms with Crippen LogP contribution in [-0.2, 0) is 14.4 Å². The Morgan fingerprint density at radius 2 is 0.946 bits per heavy atom. The van der Waals surface area contributed by atoms with Crippen molar-refractivity contribution >= 4 is 48.6 Å². The van der Waals surface area contributed by atoms with Gasteiger partial charge in [0.2, 0.25) is 0 Å². The Morgan fingerprint density at radius 1 is 0.568 bits per heavy atom. The van der Waals surface area contributed by atoms with Crippen LogP contribution >= 0.6 is 10.5 Å². The summed E-state index contributed by atoms with van der Waals surface area (Å²) in [6, 6.07) is 18.5. The van der Waals surface area contributed by atoms with Gasteiger partial charge in [-0.25, -0.2) is 14.4 Å². The average Bonchev–Trinajstić information content (AvgIpc) is 3.18. The molecule has 0 N–H and O–H groups in total. The lowest BCUT2D eigenvalue weighted by Crippen LogP contribution is -2.03. The lowest BCUT2D eigenvalue weighted by Gasteiger charge is -2.01. The van der Waals surface area contributed by atoms with Crippen LogP contribution in [0.1, 0.15) is 20.8 Å². The summed E-state index contributed by atoms with van der Waals surface area (Å²) in [5.41, 5.74) is 0. The summed E-state index contributed by atoms with van der Waals surface area (Å²) in [7, 11) is -0.477. The number of hydrogen-bond donors (Lipinski definition) is 0. The molecule has 0 fully saturated rings. The minimum absolute atomic E-state index is 0.417. The molecule has 0 spiro atoms. The van der Waals surface area contributed by atoms with E-state index in [9.17, 15) is 14.4 Å². The fourth-order valence-electron chi connectivity index (χ4n) is 3.80. The third-order valence-corrected chi connectivity index (χ3v) is 7.59. The van der Waals surface area contributed by atoms with Gasteiger partial charge in [-0.3, -0.25) is 0 Å². The van der Waals surface area contributed by atoms with E-state index >= 15 is 0 Å². The van der Waals surface area contributed by atoms with Crippen molar-refractivity contribution < 1.29 is 28.6 Å². The van der Waals surface area contributed by atoms with Crippen LogP contribution in [0.3, 0.4) is 0 Å². The van der Waals surface area contributed by atoms with Gasteiger partial charge in [0, 0.05) is 53.0 Å². The van der Waals surface area contributed by atoms with Crippen molar-refractivity contribution in [3.05, 3.63) is 97.1 Å². The van der Waals surface area contributed by atoms with Gasteiger partial charge in [0.25, 0.3) is 0 Å². The van der Waals surface area contributed by atoms with Gasteiger partial charge >= 0.3 is 17.9 Å². The van der Waals surface area contributed by atoms with Crippen molar-refractivity contribution in [1.82, 2.24) is 0 Å². The predicted molar refractivity (Wildman–Crippen MR) is 147 cm³/mol. The number of benzene rings is 3. The van der Waals surface area contributed by atoms with Crippen LogP contribution in [0.2, 0.25) is 0 Å². The molecule has 0 aliphatic carbocycles. The molecule has 0 radical (unpaired) electrons. The first-order valence-electron chi connectivity index (χ1n) is 11.6. The smallest absolute Gasteiger partial charge is 0.335 e. The number of hydrogen-bond acceptors (Lipinski definition) is 6. The molecule has 4 aromatic rings. The van der Waals surface area contributed by atoms with Crippen molar-refractivity contribution in [3.8, 4) is 22.1 Å². The van der Waals surface area contributed by atoms with E-state index < -0.39 is 28.4 Å². The van der Waals surface area contributed by atoms with E-state index in [0.29, 0.717) is 17.2 Å². The van der Waals surface area contributed by atoms with E-state index in [1.54, 1.807) is 63.3 Å². The molecule has 7 heteroatoms. The first kappa shape index (κ1) is 25.6. The van der Waals surface area contributed by atoms with Gasteiger partial charge in [-0.15, -0.1) is 0 Å². The van der Waals surface area contributed by atoms with Gasteiger partial charge in [-0.05, 0) is 57.2 Å². The lowest BCUT2D eigenvalue weighted by molar-refractivity contribution is -0.129. The maximum absolute atomic E-state index is 12.0. The number of fused-ring (bicyclic) bond motifs is 3. The van der Waals surface area contributed by atoms with Crippen molar-refractivity contribution in [2.24, 2.45) is 0 Å². The molecule has 1 heterocycles. The van der Waals surface area contributed by atoms with E-state index in [0.717, 1.165) is 25.1 Å². The fourth-order valence-corrected chi connectivity index (χ4v) is 6.14. The molecular weight excluding hydrogens is 488 g/mol. The summed E-state index contributed by atoms with van der Waals surface area (Å²) in [5.74, 6) is -0.0723. The molecule has 0 amide bonds. The highest BCUT2D eigenvalue weighted by Crippen LogP contribution is 2.50. The second kappa shape index (κ2) is 11.5. The number of esters is 3. The van der Waals surface area contributed by atoms with Gasteiger partial charge in [-0.2, -0.15) is 0 Å². The zero-order valence-electron chi connectivity index (χ0n) is 20.6. The summed E-state index contributed by atoms with van der Waals surface area (Å²) in [6.45, 7) is 5.24. The first-order chi connectivity index (χ1) is 17.9. The fraction of sp³-hybridized carbons (Fsp3) is 0.100. The summed E-state index contributed by atoms with van der Waals surface area (Å²) < 4.78 is 18.3. The minimum atomic E-state index is -0.477. The molecule has 0 unspecified atom stereocenters. The highest BCUT2D eigenvalue weighted by atomic mass is 32.2. The third kappa shape index (κ3) is 5.85. The molecule has 0 saturated heterocycles. The number of rotatable bonds is 7. The Kier molecular flexibility index (Phi) is 7.95. The summed E-state index contributed by atoms with van der Waals surface area (Å²) in [5, 5.41) is 1.77. The molecule has 4 rings (SSSR count). The van der Waals surface area contributed by atoms with Crippen LogP contribution in [0.15, 0.2) is 97.1 Å². The number of allylic oxidation sites excluding steroid dienone is 3. The maximum Gasteiger partial charge on any atom is 0.335 e. The van der Waals surface area contributed by atoms with Gasteiger partial charge in [0.1, 0.15) is 17.2 Å². The predicted octanol–water partition coefficient (Wildman–Crippen LogP) is 7.18. The second-order valence-electron chi connectivity index (χ2n) is 7.86. The Bertz CT molecular complexity index is 1490. The first-order valence-corrected chi connectivity index (χ1v) is 12.8. The third-order valence-electron chi connectivity index (χ3n) is 5.26. The molecule has 186 valence electrons. The van der Waals surface area contributed by atoms with Crippen molar-refractivity contribution in [2.45, 2.75) is 20.8 Å². The van der Waals surface area contributed by atoms with Crippen molar-refractivity contribution in [3.63, 3.8) is 0 Å². The molecule has 3 aromatic carbocycles. The number of carbonyl (C=O) groups is 3. The molecule has 37 heavy (non-hydrogen) atoms. The van der Waals surface area contributed by atoms with Crippen molar-refractivity contribution in [1.29, 1.82) is 0 Å². The molecule has 0 aliphatic heterocycles. The maximum atomic E-state index is 12.0. The average molecular weight is 514 g/mol. The molecule has 0 saturated carbocycles. The normalized spacial score (nSPS) is 11.6. The van der Waals surface area contributed by atoms with E-state index in [1.165, 1.54) is 18.2 Å². The van der Waals surface area contributed by atoms with Crippen LogP contribution in [0, 0.1) is 0 Å². The summed E-state index contributed by atoms with van der Waals surface area (Å²) in [4.78, 5) is 36.8. The Hall–Kier alpha value is -4.49. The Labute approximate surface area is 217 Å². The molecule has 1 aromatic heterocycles. The van der Waals surface area contributed by atoms with Crippen LogP contribution in [0.25, 0.3) is 25.1 Å². The van der Waals surface area contributed by atoms with Crippen LogP contribution in [0.4, 0.5) is 0 Å². The summed E-state index contributed by atoms with van der Waals surface area (Å²) in [6.07, 6.45) is 8.93. The molecule has 0 bridgehead atoms. The molecule has 0 atom stereocenters. The SMILES string of the molecule is C/C=C/C(=O)Oc1ccc(-[s+]2c3ccc(OC(=O)/C=C/C)cc3c3cc(OC(=O)/C=C/C)ccc32)cc1. The second-order valence-corrected chi connectivity index (χ2v) is 9.82. The van der Waals surface area contributed by atoms with E-state index in [-0.39, 0.29) is 0 Å². The topological polar surface area (TPSA) is 78.9 Å². The van der Waals surface area contributed by atoms with Crippen LogP contribution in [0.5, 0.6) is 17.2 Å².